The topological polar surface area (TPSA) is 23.6 Å². The predicted molar refractivity (Wildman–Crippen MR) is 78.3 cm³/mol. The molecule has 1 aliphatic heterocycles. The first-order chi connectivity index (χ1) is 9.24. The second-order valence-electron chi connectivity index (χ2n) is 5.94. The van der Waals surface area contributed by atoms with Crippen LogP contribution in [0.3, 0.4) is 0 Å². The fourth-order valence-electron chi connectivity index (χ4n) is 2.70. The van der Waals surface area contributed by atoms with Crippen molar-refractivity contribution in [3.8, 4) is 0 Å². The van der Waals surface area contributed by atoms with Crippen LogP contribution in [0, 0.1) is 5.92 Å². The Morgan fingerprint density at radius 1 is 1.37 bits per heavy atom. The first-order valence-electron chi connectivity index (χ1n) is 7.30. The van der Waals surface area contributed by atoms with Crippen LogP contribution in [0.5, 0.6) is 0 Å². The molecule has 4 heteroatoms. The number of carbonyl (C=O) groups is 1. The van der Waals surface area contributed by atoms with E-state index in [0.717, 1.165) is 38.4 Å². The van der Waals surface area contributed by atoms with E-state index in [0.29, 0.717) is 6.04 Å². The van der Waals surface area contributed by atoms with Crippen LogP contribution < -0.4 is 0 Å². The number of amides is 2. The van der Waals surface area contributed by atoms with Gasteiger partial charge in [0.1, 0.15) is 0 Å². The van der Waals surface area contributed by atoms with Crippen LogP contribution in [0.4, 0.5) is 4.79 Å². The molecule has 0 bridgehead atoms. The lowest BCUT2D eigenvalue weighted by Gasteiger charge is -2.35. The van der Waals surface area contributed by atoms with Crippen LogP contribution in [-0.4, -0.2) is 35.0 Å². The zero-order valence-corrected chi connectivity index (χ0v) is 12.4. The second-order valence-corrected chi connectivity index (χ2v) is 6.72. The predicted octanol–water partition coefficient (Wildman–Crippen LogP) is 3.56. The summed E-state index contributed by atoms with van der Waals surface area (Å²) in [6.45, 7) is 4.95. The minimum Gasteiger partial charge on any atom is -0.325 e. The summed E-state index contributed by atoms with van der Waals surface area (Å²) in [5.41, 5.74) is 1.27. The molecule has 3 nitrogen and oxygen atoms in total. The number of rotatable bonds is 3. The number of piperidine rings is 1. The number of likely N-dealkylation sites (tertiary alicyclic amines) is 1. The van der Waals surface area contributed by atoms with Crippen molar-refractivity contribution in [2.75, 3.05) is 13.1 Å². The van der Waals surface area contributed by atoms with Crippen molar-refractivity contribution in [1.82, 2.24) is 9.80 Å². The van der Waals surface area contributed by atoms with Crippen LogP contribution in [0.1, 0.15) is 38.2 Å². The van der Waals surface area contributed by atoms with Gasteiger partial charge in [-0.25, -0.2) is 4.79 Å². The van der Waals surface area contributed by atoms with Gasteiger partial charge >= 0.3 is 6.03 Å². The highest BCUT2D eigenvalue weighted by Gasteiger charge is 2.35. The normalized spacial score (nSPS) is 20.6. The molecule has 1 saturated heterocycles. The number of urea groups is 1. The van der Waals surface area contributed by atoms with Gasteiger partial charge in [0.25, 0.3) is 0 Å². The third kappa shape index (κ3) is 3.11. The second kappa shape index (κ2) is 5.53. The third-order valence-corrected chi connectivity index (χ3v) is 4.95. The summed E-state index contributed by atoms with van der Waals surface area (Å²) < 4.78 is 0. The summed E-state index contributed by atoms with van der Waals surface area (Å²) in [7, 11) is 0. The fraction of sp³-hybridized carbons (Fsp3) is 0.667. The highest BCUT2D eigenvalue weighted by Crippen LogP contribution is 2.30. The van der Waals surface area contributed by atoms with Crippen molar-refractivity contribution in [2.24, 2.45) is 5.92 Å². The van der Waals surface area contributed by atoms with Crippen molar-refractivity contribution in [3.63, 3.8) is 0 Å². The minimum absolute atomic E-state index is 0.264. The molecule has 0 radical (unpaired) electrons. The molecule has 1 saturated carbocycles. The summed E-state index contributed by atoms with van der Waals surface area (Å²) in [6.07, 6.45) is 4.67. The number of nitrogens with zero attached hydrogens (tertiary/aromatic N) is 2. The van der Waals surface area contributed by atoms with Gasteiger partial charge in [-0.05, 0) is 54.0 Å². The Kier molecular flexibility index (Phi) is 3.78. The fourth-order valence-corrected chi connectivity index (χ4v) is 3.36. The number of hydrogen-bond donors (Lipinski definition) is 0. The molecule has 0 spiro atoms. The lowest BCUT2D eigenvalue weighted by atomic mass is 9.99. The molecular formula is C15H22N2OS. The smallest absolute Gasteiger partial charge is 0.320 e. The van der Waals surface area contributed by atoms with Crippen molar-refractivity contribution in [3.05, 3.63) is 22.4 Å². The minimum atomic E-state index is 0.264. The molecule has 104 valence electrons. The first-order valence-corrected chi connectivity index (χ1v) is 8.25. The van der Waals surface area contributed by atoms with Crippen LogP contribution in [0.25, 0.3) is 0 Å². The number of hydrogen-bond acceptors (Lipinski definition) is 2. The zero-order valence-electron chi connectivity index (χ0n) is 11.5. The Balaban J connectivity index is 1.64. The quantitative estimate of drug-likeness (QED) is 0.829. The van der Waals surface area contributed by atoms with E-state index in [2.05, 4.69) is 33.6 Å². The molecule has 1 aromatic heterocycles. The molecule has 2 fully saturated rings. The van der Waals surface area contributed by atoms with E-state index in [-0.39, 0.29) is 6.03 Å². The van der Waals surface area contributed by atoms with Gasteiger partial charge in [0.05, 0.1) is 0 Å². The van der Waals surface area contributed by atoms with E-state index >= 15 is 0 Å². The summed E-state index contributed by atoms with van der Waals surface area (Å²) in [4.78, 5) is 16.8. The Bertz CT molecular complexity index is 419. The van der Waals surface area contributed by atoms with Crippen molar-refractivity contribution in [2.45, 2.75) is 45.2 Å². The van der Waals surface area contributed by atoms with Crippen LogP contribution >= 0.6 is 11.3 Å². The Morgan fingerprint density at radius 3 is 2.68 bits per heavy atom. The lowest BCUT2D eigenvalue weighted by Crippen LogP contribution is -2.47. The molecule has 19 heavy (non-hydrogen) atoms. The third-order valence-electron chi connectivity index (χ3n) is 4.22. The van der Waals surface area contributed by atoms with Crippen LogP contribution in [0.2, 0.25) is 0 Å². The average Bonchev–Trinajstić information content (AvgIpc) is 3.13. The van der Waals surface area contributed by atoms with Gasteiger partial charge in [-0.15, -0.1) is 0 Å². The van der Waals surface area contributed by atoms with E-state index in [1.165, 1.54) is 18.4 Å². The molecule has 0 unspecified atom stereocenters. The summed E-state index contributed by atoms with van der Waals surface area (Å²) in [5.74, 6) is 0.773. The van der Waals surface area contributed by atoms with Gasteiger partial charge in [0, 0.05) is 25.7 Å². The highest BCUT2D eigenvalue weighted by atomic mass is 32.1. The number of thiophene rings is 1. The molecule has 2 aliphatic rings. The number of carbonyl (C=O) groups excluding carboxylic acids is 1. The zero-order chi connectivity index (χ0) is 13.2. The van der Waals surface area contributed by atoms with Crippen molar-refractivity contribution >= 4 is 17.4 Å². The van der Waals surface area contributed by atoms with Crippen molar-refractivity contribution in [1.29, 1.82) is 0 Å². The average molecular weight is 278 g/mol. The van der Waals surface area contributed by atoms with Crippen LogP contribution in [0.15, 0.2) is 16.8 Å². The van der Waals surface area contributed by atoms with E-state index in [9.17, 15) is 4.79 Å². The molecule has 1 aromatic rings. The summed E-state index contributed by atoms with van der Waals surface area (Å²) in [6, 6.07) is 2.89. The maximum Gasteiger partial charge on any atom is 0.320 e. The van der Waals surface area contributed by atoms with Crippen LogP contribution in [-0.2, 0) is 6.54 Å². The summed E-state index contributed by atoms with van der Waals surface area (Å²) >= 11 is 1.71. The van der Waals surface area contributed by atoms with Gasteiger partial charge < -0.3 is 9.80 Å². The maximum atomic E-state index is 12.7. The largest absolute Gasteiger partial charge is 0.325 e. The Morgan fingerprint density at radius 2 is 2.11 bits per heavy atom. The van der Waals surface area contributed by atoms with Gasteiger partial charge in [-0.2, -0.15) is 11.3 Å². The van der Waals surface area contributed by atoms with Crippen molar-refractivity contribution < 1.29 is 4.79 Å². The van der Waals surface area contributed by atoms with Gasteiger partial charge in [-0.1, -0.05) is 6.92 Å². The first kappa shape index (κ1) is 13.0. The summed E-state index contributed by atoms with van der Waals surface area (Å²) in [5, 5.41) is 4.24. The maximum absolute atomic E-state index is 12.7. The SMILES string of the molecule is CC1CCN(C(=O)N(Cc2ccsc2)C2CC2)CC1. The van der Waals surface area contributed by atoms with E-state index in [1.807, 2.05) is 0 Å². The molecule has 0 atom stereocenters. The molecule has 0 N–H and O–H groups in total. The molecule has 1 aliphatic carbocycles. The molecule has 0 aromatic carbocycles. The monoisotopic (exact) mass is 278 g/mol. The lowest BCUT2D eigenvalue weighted by molar-refractivity contribution is 0.129. The standard InChI is InChI=1S/C15H22N2OS/c1-12-4-7-16(8-5-12)15(18)17(14-2-3-14)10-13-6-9-19-11-13/h6,9,11-12,14H,2-5,7-8,10H2,1H3. The molecule has 3 rings (SSSR count). The van der Waals surface area contributed by atoms with Gasteiger partial charge in [0.15, 0.2) is 0 Å². The van der Waals surface area contributed by atoms with Gasteiger partial charge in [-0.3, -0.25) is 0 Å². The molecular weight excluding hydrogens is 256 g/mol. The molecule has 2 amide bonds. The van der Waals surface area contributed by atoms with E-state index < -0.39 is 0 Å². The van der Waals surface area contributed by atoms with E-state index in [1.54, 1.807) is 11.3 Å². The highest BCUT2D eigenvalue weighted by molar-refractivity contribution is 7.07. The Hall–Kier alpha value is -1.03. The van der Waals surface area contributed by atoms with E-state index in [4.69, 9.17) is 0 Å². The molecule has 2 heterocycles. The van der Waals surface area contributed by atoms with Gasteiger partial charge in [0.2, 0.25) is 0 Å². The Labute approximate surface area is 119 Å².